The summed E-state index contributed by atoms with van der Waals surface area (Å²) in [6, 6.07) is -0.772. The molecule has 0 aromatic carbocycles. The van der Waals surface area contributed by atoms with Crippen molar-refractivity contribution in [3.05, 3.63) is 0 Å². The molecule has 1 rings (SSSR count). The number of carbonyl (C=O) groups excluding carboxylic acids is 2. The molecule has 3 atom stereocenters. The zero-order chi connectivity index (χ0) is 12.1. The lowest BCUT2D eigenvalue weighted by molar-refractivity contribution is -0.127. The molecule has 16 heavy (non-hydrogen) atoms. The summed E-state index contributed by atoms with van der Waals surface area (Å²) >= 11 is 0. The third-order valence-corrected chi connectivity index (χ3v) is 2.59. The minimum Gasteiger partial charge on any atom is -0.378 e. The van der Waals surface area contributed by atoms with Crippen molar-refractivity contribution in [3.63, 3.8) is 0 Å². The second kappa shape index (κ2) is 5.81. The summed E-state index contributed by atoms with van der Waals surface area (Å²) in [5, 5.41) is 2.80. The van der Waals surface area contributed by atoms with Crippen LogP contribution >= 0.6 is 0 Å². The van der Waals surface area contributed by atoms with Gasteiger partial charge in [0.15, 0.2) is 0 Å². The van der Waals surface area contributed by atoms with Crippen molar-refractivity contribution in [2.45, 2.75) is 44.4 Å². The fourth-order valence-electron chi connectivity index (χ4n) is 1.75. The summed E-state index contributed by atoms with van der Waals surface area (Å²) in [7, 11) is 0. The molecule has 0 aromatic heterocycles. The molecular weight excluding hydrogens is 210 g/mol. The smallest absolute Gasteiger partial charge is 0.237 e. The van der Waals surface area contributed by atoms with E-state index in [2.05, 4.69) is 5.32 Å². The number of ether oxygens (including phenoxy) is 1. The van der Waals surface area contributed by atoms with E-state index in [0.29, 0.717) is 6.61 Å². The molecule has 0 aromatic rings. The van der Waals surface area contributed by atoms with Crippen molar-refractivity contribution in [2.75, 3.05) is 6.61 Å². The summed E-state index contributed by atoms with van der Waals surface area (Å²) in [5.74, 6) is -0.888. The van der Waals surface area contributed by atoms with Crippen molar-refractivity contribution in [1.29, 1.82) is 0 Å². The molecule has 0 spiro atoms. The number of hydrogen-bond acceptors (Lipinski definition) is 4. The van der Waals surface area contributed by atoms with Crippen LogP contribution in [0.4, 0.5) is 0 Å². The number of rotatable bonds is 4. The molecule has 3 unspecified atom stereocenters. The zero-order valence-corrected chi connectivity index (χ0v) is 9.44. The van der Waals surface area contributed by atoms with Gasteiger partial charge >= 0.3 is 0 Å². The minimum absolute atomic E-state index is 0.0789. The van der Waals surface area contributed by atoms with Gasteiger partial charge in [-0.25, -0.2) is 0 Å². The van der Waals surface area contributed by atoms with Crippen LogP contribution in [0.2, 0.25) is 0 Å². The molecule has 6 nitrogen and oxygen atoms in total. The number of hydrogen-bond donors (Lipinski definition) is 3. The summed E-state index contributed by atoms with van der Waals surface area (Å²) in [6.07, 6.45) is 1.57. The van der Waals surface area contributed by atoms with E-state index in [0.717, 1.165) is 12.8 Å². The fourth-order valence-corrected chi connectivity index (χ4v) is 1.75. The Morgan fingerprint density at radius 3 is 2.81 bits per heavy atom. The predicted molar refractivity (Wildman–Crippen MR) is 58.4 cm³/mol. The lowest BCUT2D eigenvalue weighted by atomic mass is 10.0. The molecule has 0 saturated carbocycles. The van der Waals surface area contributed by atoms with Crippen LogP contribution in [-0.2, 0) is 14.3 Å². The molecule has 1 aliphatic rings. The average Bonchev–Trinajstić information content (AvgIpc) is 2.16. The molecule has 5 N–H and O–H groups in total. The van der Waals surface area contributed by atoms with Crippen LogP contribution in [0.3, 0.4) is 0 Å². The first-order valence-electron chi connectivity index (χ1n) is 5.45. The quantitative estimate of drug-likeness (QED) is 0.567. The van der Waals surface area contributed by atoms with Crippen LogP contribution in [0, 0.1) is 0 Å². The Bertz CT molecular complexity index is 270. The van der Waals surface area contributed by atoms with E-state index in [1.807, 2.05) is 6.92 Å². The summed E-state index contributed by atoms with van der Waals surface area (Å²) < 4.78 is 5.36. The van der Waals surface area contributed by atoms with Gasteiger partial charge in [-0.3, -0.25) is 9.59 Å². The second-order valence-electron chi connectivity index (χ2n) is 4.19. The molecule has 1 aliphatic heterocycles. The Hall–Kier alpha value is -1.14. The van der Waals surface area contributed by atoms with Gasteiger partial charge in [0.05, 0.1) is 18.6 Å². The predicted octanol–water partition coefficient (Wildman–Crippen LogP) is -1.13. The molecule has 92 valence electrons. The number of nitrogens with one attached hydrogen (secondary N) is 1. The normalized spacial score (nSPS) is 27.1. The van der Waals surface area contributed by atoms with Crippen LogP contribution in [0.15, 0.2) is 0 Å². The van der Waals surface area contributed by atoms with E-state index in [1.54, 1.807) is 0 Å². The second-order valence-corrected chi connectivity index (χ2v) is 4.19. The summed E-state index contributed by atoms with van der Waals surface area (Å²) in [4.78, 5) is 22.2. The molecule has 0 bridgehead atoms. The van der Waals surface area contributed by atoms with E-state index in [-0.39, 0.29) is 24.5 Å². The van der Waals surface area contributed by atoms with Gasteiger partial charge in [-0.15, -0.1) is 0 Å². The van der Waals surface area contributed by atoms with Gasteiger partial charge in [-0.2, -0.15) is 0 Å². The molecule has 2 amide bonds. The molecule has 1 heterocycles. The van der Waals surface area contributed by atoms with Crippen molar-refractivity contribution in [3.8, 4) is 0 Å². The fraction of sp³-hybridized carbons (Fsp3) is 0.800. The molecule has 0 aliphatic carbocycles. The first-order valence-corrected chi connectivity index (χ1v) is 5.45. The highest BCUT2D eigenvalue weighted by Crippen LogP contribution is 2.13. The SMILES string of the molecule is CC1CC(NC(=O)C(N)CC(N)=O)CCO1. The Morgan fingerprint density at radius 2 is 2.25 bits per heavy atom. The van der Waals surface area contributed by atoms with Gasteiger partial charge in [-0.05, 0) is 19.8 Å². The van der Waals surface area contributed by atoms with Crippen LogP contribution in [-0.4, -0.2) is 36.6 Å². The zero-order valence-electron chi connectivity index (χ0n) is 9.44. The van der Waals surface area contributed by atoms with E-state index in [9.17, 15) is 9.59 Å². The van der Waals surface area contributed by atoms with E-state index < -0.39 is 11.9 Å². The van der Waals surface area contributed by atoms with E-state index in [1.165, 1.54) is 0 Å². The maximum Gasteiger partial charge on any atom is 0.237 e. The van der Waals surface area contributed by atoms with E-state index in [4.69, 9.17) is 16.2 Å². The molecule has 0 radical (unpaired) electrons. The Morgan fingerprint density at radius 1 is 1.56 bits per heavy atom. The van der Waals surface area contributed by atoms with Crippen molar-refractivity contribution >= 4 is 11.8 Å². The first-order chi connectivity index (χ1) is 7.49. The highest BCUT2D eigenvalue weighted by molar-refractivity contribution is 5.87. The summed E-state index contributed by atoms with van der Waals surface area (Å²) in [5.41, 5.74) is 10.5. The maximum absolute atomic E-state index is 11.6. The highest BCUT2D eigenvalue weighted by Gasteiger charge is 2.23. The largest absolute Gasteiger partial charge is 0.378 e. The Balaban J connectivity index is 2.35. The Labute approximate surface area is 94.7 Å². The van der Waals surface area contributed by atoms with Crippen LogP contribution in [0.5, 0.6) is 0 Å². The lowest BCUT2D eigenvalue weighted by Crippen LogP contribution is -2.49. The standard InChI is InChI=1S/C10H19N3O3/c1-6-4-7(2-3-16-6)13-10(15)8(11)5-9(12)14/h6-8H,2-5,11H2,1H3,(H2,12,14)(H,13,15). The topological polar surface area (TPSA) is 107 Å². The van der Waals surface area contributed by atoms with Gasteiger partial charge in [0.2, 0.25) is 11.8 Å². The van der Waals surface area contributed by atoms with Crippen LogP contribution < -0.4 is 16.8 Å². The lowest BCUT2D eigenvalue weighted by Gasteiger charge is -2.28. The van der Waals surface area contributed by atoms with Gasteiger partial charge in [0, 0.05) is 12.6 Å². The first kappa shape index (κ1) is 12.9. The Kier molecular flexibility index (Phi) is 4.70. The van der Waals surface area contributed by atoms with Gasteiger partial charge in [-0.1, -0.05) is 0 Å². The molecule has 1 saturated heterocycles. The van der Waals surface area contributed by atoms with Gasteiger partial charge < -0.3 is 21.5 Å². The molecular formula is C10H19N3O3. The van der Waals surface area contributed by atoms with E-state index >= 15 is 0 Å². The van der Waals surface area contributed by atoms with Crippen molar-refractivity contribution in [2.24, 2.45) is 11.5 Å². The average molecular weight is 229 g/mol. The molecule has 1 fully saturated rings. The maximum atomic E-state index is 11.6. The third kappa shape index (κ3) is 4.16. The highest BCUT2D eigenvalue weighted by atomic mass is 16.5. The summed E-state index contributed by atoms with van der Waals surface area (Å²) in [6.45, 7) is 2.60. The van der Waals surface area contributed by atoms with Gasteiger partial charge in [0.1, 0.15) is 0 Å². The minimum atomic E-state index is -0.851. The number of carbonyl (C=O) groups is 2. The van der Waals surface area contributed by atoms with Crippen LogP contribution in [0.1, 0.15) is 26.2 Å². The molecule has 6 heteroatoms. The van der Waals surface area contributed by atoms with Crippen molar-refractivity contribution < 1.29 is 14.3 Å². The van der Waals surface area contributed by atoms with Crippen LogP contribution in [0.25, 0.3) is 0 Å². The monoisotopic (exact) mass is 229 g/mol. The van der Waals surface area contributed by atoms with Crippen molar-refractivity contribution in [1.82, 2.24) is 5.32 Å². The number of amides is 2. The number of primary amides is 1. The van der Waals surface area contributed by atoms with Gasteiger partial charge in [0.25, 0.3) is 0 Å². The third-order valence-electron chi connectivity index (χ3n) is 2.59. The number of nitrogens with two attached hydrogens (primary N) is 2.